The summed E-state index contributed by atoms with van der Waals surface area (Å²) in [5.74, 6) is -0.316. The number of pyridine rings is 1. The molecule has 1 atom stereocenters. The van der Waals surface area contributed by atoms with Crippen LogP contribution >= 0.6 is 0 Å². The van der Waals surface area contributed by atoms with E-state index in [1.807, 2.05) is 31.0 Å². The number of halogens is 1. The highest BCUT2D eigenvalue weighted by Gasteiger charge is 2.34. The molecule has 0 spiro atoms. The number of benzene rings is 1. The second kappa shape index (κ2) is 7.54. The van der Waals surface area contributed by atoms with Crippen molar-refractivity contribution < 1.29 is 9.18 Å². The van der Waals surface area contributed by atoms with Crippen molar-refractivity contribution in [3.63, 3.8) is 0 Å². The van der Waals surface area contributed by atoms with Crippen molar-refractivity contribution in [1.29, 1.82) is 0 Å². The van der Waals surface area contributed by atoms with Crippen LogP contribution in [0.5, 0.6) is 0 Å². The average Bonchev–Trinajstić information content (AvgIpc) is 3.10. The highest BCUT2D eigenvalue weighted by molar-refractivity contribution is 5.92. The minimum atomic E-state index is -0.273. The second-order valence-corrected chi connectivity index (χ2v) is 7.38. The van der Waals surface area contributed by atoms with Crippen LogP contribution in [0.4, 0.5) is 4.39 Å². The fourth-order valence-electron chi connectivity index (χ4n) is 3.62. The van der Waals surface area contributed by atoms with Crippen LogP contribution < -0.4 is 0 Å². The van der Waals surface area contributed by atoms with E-state index < -0.39 is 0 Å². The number of nitrogens with zero attached hydrogens (tertiary/aromatic N) is 4. The van der Waals surface area contributed by atoms with Crippen LogP contribution in [0.1, 0.15) is 48.3 Å². The first-order valence-electron chi connectivity index (χ1n) is 9.55. The Morgan fingerprint density at radius 2 is 1.96 bits per heavy atom. The summed E-state index contributed by atoms with van der Waals surface area (Å²) >= 11 is 0. The summed E-state index contributed by atoms with van der Waals surface area (Å²) in [6.07, 6.45) is 8.32. The van der Waals surface area contributed by atoms with Gasteiger partial charge in [-0.05, 0) is 68.1 Å². The molecule has 1 fully saturated rings. The molecule has 5 nitrogen and oxygen atoms in total. The molecule has 0 bridgehead atoms. The first kappa shape index (κ1) is 18.3. The number of carbonyl (C=O) groups excluding carboxylic acids is 1. The van der Waals surface area contributed by atoms with Crippen molar-refractivity contribution in [3.8, 4) is 11.3 Å². The standard InChI is InChI=1S/C22H23FN4O/c1-15(17-10-11-24-20(12-17)16-6-8-18(23)9-7-16)27(19-4-3-5-19)22(28)21-13-26(2)14-25-21/h6-15,19H,3-5H2,1-2H3. The Balaban J connectivity index is 1.65. The Bertz CT molecular complexity index is 978. The average molecular weight is 378 g/mol. The van der Waals surface area contributed by atoms with E-state index in [0.29, 0.717) is 5.69 Å². The second-order valence-electron chi connectivity index (χ2n) is 7.38. The molecule has 1 aliphatic rings. The van der Waals surface area contributed by atoms with Crippen LogP contribution in [-0.2, 0) is 7.05 Å². The minimum absolute atomic E-state index is 0.0436. The molecule has 1 saturated carbocycles. The van der Waals surface area contributed by atoms with E-state index in [0.717, 1.165) is 36.1 Å². The lowest BCUT2D eigenvalue weighted by Gasteiger charge is -2.41. The Kier molecular flexibility index (Phi) is 4.94. The number of carbonyl (C=O) groups is 1. The van der Waals surface area contributed by atoms with Crippen molar-refractivity contribution in [2.24, 2.45) is 7.05 Å². The predicted molar refractivity (Wildman–Crippen MR) is 105 cm³/mol. The summed E-state index contributed by atoms with van der Waals surface area (Å²) in [6, 6.07) is 10.3. The molecule has 4 rings (SSSR count). The SMILES string of the molecule is CC(c1ccnc(-c2ccc(F)cc2)c1)N(C(=O)c1cn(C)cn1)C1CCC1. The van der Waals surface area contributed by atoms with Crippen molar-refractivity contribution in [2.45, 2.75) is 38.3 Å². The maximum absolute atomic E-state index is 13.2. The first-order valence-corrected chi connectivity index (χ1v) is 9.55. The van der Waals surface area contributed by atoms with E-state index in [-0.39, 0.29) is 23.8 Å². The lowest BCUT2D eigenvalue weighted by atomic mass is 9.89. The van der Waals surface area contributed by atoms with E-state index >= 15 is 0 Å². The maximum Gasteiger partial charge on any atom is 0.274 e. The summed E-state index contributed by atoms with van der Waals surface area (Å²) in [4.78, 5) is 23.8. The van der Waals surface area contributed by atoms with E-state index in [4.69, 9.17) is 0 Å². The third-order valence-corrected chi connectivity index (χ3v) is 5.45. The molecule has 28 heavy (non-hydrogen) atoms. The Morgan fingerprint density at radius 1 is 1.21 bits per heavy atom. The van der Waals surface area contributed by atoms with Gasteiger partial charge in [0.15, 0.2) is 0 Å². The van der Waals surface area contributed by atoms with Gasteiger partial charge in [0.25, 0.3) is 5.91 Å². The molecule has 2 heterocycles. The third-order valence-electron chi connectivity index (χ3n) is 5.45. The summed E-state index contributed by atoms with van der Waals surface area (Å²) in [7, 11) is 1.86. The molecule has 1 aromatic carbocycles. The van der Waals surface area contributed by atoms with E-state index in [9.17, 15) is 9.18 Å². The molecule has 0 radical (unpaired) electrons. The van der Waals surface area contributed by atoms with Crippen LogP contribution in [0.3, 0.4) is 0 Å². The molecule has 3 aromatic rings. The highest BCUT2D eigenvalue weighted by atomic mass is 19.1. The summed E-state index contributed by atoms with van der Waals surface area (Å²) in [5.41, 5.74) is 3.09. The molecule has 0 saturated heterocycles. The third kappa shape index (κ3) is 3.54. The van der Waals surface area contributed by atoms with Crippen LogP contribution in [-0.4, -0.2) is 31.4 Å². The van der Waals surface area contributed by atoms with E-state index in [1.165, 1.54) is 12.1 Å². The number of hydrogen-bond acceptors (Lipinski definition) is 3. The normalized spacial score (nSPS) is 15.1. The molecular formula is C22H23FN4O. The zero-order valence-electron chi connectivity index (χ0n) is 16.0. The number of aryl methyl sites for hydroxylation is 1. The Morgan fingerprint density at radius 3 is 2.57 bits per heavy atom. The molecule has 1 aliphatic carbocycles. The van der Waals surface area contributed by atoms with Gasteiger partial charge in [0.1, 0.15) is 11.5 Å². The Labute approximate surface area is 163 Å². The fraction of sp³-hybridized carbons (Fsp3) is 0.318. The van der Waals surface area contributed by atoms with Crippen LogP contribution in [0.25, 0.3) is 11.3 Å². The van der Waals surface area contributed by atoms with Crippen LogP contribution in [0, 0.1) is 5.82 Å². The lowest BCUT2D eigenvalue weighted by Crippen LogP contribution is -2.45. The zero-order valence-corrected chi connectivity index (χ0v) is 16.0. The van der Waals surface area contributed by atoms with Gasteiger partial charge in [0.05, 0.1) is 18.1 Å². The highest BCUT2D eigenvalue weighted by Crippen LogP contribution is 2.34. The smallest absolute Gasteiger partial charge is 0.274 e. The molecule has 0 aliphatic heterocycles. The van der Waals surface area contributed by atoms with Crippen LogP contribution in [0.2, 0.25) is 0 Å². The molecular weight excluding hydrogens is 355 g/mol. The van der Waals surface area contributed by atoms with Gasteiger partial charge in [-0.3, -0.25) is 9.78 Å². The molecule has 1 amide bonds. The van der Waals surface area contributed by atoms with Gasteiger partial charge < -0.3 is 9.47 Å². The molecule has 2 aromatic heterocycles. The minimum Gasteiger partial charge on any atom is -0.340 e. The summed E-state index contributed by atoms with van der Waals surface area (Å²) in [5, 5.41) is 0. The van der Waals surface area contributed by atoms with Crippen molar-refractivity contribution >= 4 is 5.91 Å². The van der Waals surface area contributed by atoms with Gasteiger partial charge in [0.2, 0.25) is 0 Å². The molecule has 0 N–H and O–H groups in total. The quantitative estimate of drug-likeness (QED) is 0.662. The lowest BCUT2D eigenvalue weighted by molar-refractivity contribution is 0.0456. The molecule has 1 unspecified atom stereocenters. The van der Waals surface area contributed by atoms with Crippen molar-refractivity contribution in [3.05, 3.63) is 72.2 Å². The monoisotopic (exact) mass is 378 g/mol. The summed E-state index contributed by atoms with van der Waals surface area (Å²) < 4.78 is 15.0. The van der Waals surface area contributed by atoms with E-state index in [2.05, 4.69) is 9.97 Å². The van der Waals surface area contributed by atoms with Crippen molar-refractivity contribution in [2.75, 3.05) is 0 Å². The van der Waals surface area contributed by atoms with Gasteiger partial charge in [0, 0.05) is 31.0 Å². The Hall–Kier alpha value is -3.02. The number of hydrogen-bond donors (Lipinski definition) is 0. The fourth-order valence-corrected chi connectivity index (χ4v) is 3.62. The number of amides is 1. The molecule has 144 valence electrons. The topological polar surface area (TPSA) is 51.0 Å². The zero-order chi connectivity index (χ0) is 19.7. The van der Waals surface area contributed by atoms with Crippen LogP contribution in [0.15, 0.2) is 55.1 Å². The van der Waals surface area contributed by atoms with Gasteiger partial charge >= 0.3 is 0 Å². The number of aromatic nitrogens is 3. The van der Waals surface area contributed by atoms with E-state index in [1.54, 1.807) is 35.4 Å². The predicted octanol–water partition coefficient (Wildman–Crippen LogP) is 4.38. The summed E-state index contributed by atoms with van der Waals surface area (Å²) in [6.45, 7) is 2.04. The first-order chi connectivity index (χ1) is 13.5. The largest absolute Gasteiger partial charge is 0.340 e. The van der Waals surface area contributed by atoms with Gasteiger partial charge in [-0.15, -0.1) is 0 Å². The number of rotatable bonds is 5. The van der Waals surface area contributed by atoms with Gasteiger partial charge in [-0.2, -0.15) is 0 Å². The molecule has 6 heteroatoms. The number of imidazole rings is 1. The van der Waals surface area contributed by atoms with Gasteiger partial charge in [-0.1, -0.05) is 0 Å². The maximum atomic E-state index is 13.2. The van der Waals surface area contributed by atoms with Crippen molar-refractivity contribution in [1.82, 2.24) is 19.4 Å². The van der Waals surface area contributed by atoms with Gasteiger partial charge in [-0.25, -0.2) is 9.37 Å².